The number of aliphatic hydroxyl groups excluding tert-OH is 1. The minimum Gasteiger partial charge on any atom is -0.364 e. The van der Waals surface area contributed by atoms with Crippen LogP contribution in [-0.2, 0) is 0 Å². The van der Waals surface area contributed by atoms with Crippen molar-refractivity contribution in [2.75, 3.05) is 0 Å². The Bertz CT molecular complexity index is 1310. The van der Waals surface area contributed by atoms with Crippen molar-refractivity contribution in [3.63, 3.8) is 0 Å². The Balaban J connectivity index is 2.07. The van der Waals surface area contributed by atoms with Gasteiger partial charge in [0.15, 0.2) is 6.29 Å². The van der Waals surface area contributed by atoms with Gasteiger partial charge in [0.05, 0.1) is 0 Å². The van der Waals surface area contributed by atoms with Gasteiger partial charge in [-0.15, -0.1) is 0 Å². The predicted octanol–water partition coefficient (Wildman–Crippen LogP) is 6.31. The van der Waals surface area contributed by atoms with Gasteiger partial charge < -0.3 is 10.2 Å². The van der Waals surface area contributed by atoms with Crippen LogP contribution in [0.2, 0.25) is 0 Å². The van der Waals surface area contributed by atoms with Crippen LogP contribution in [0.4, 0.5) is 0 Å². The molecule has 5 rings (SSSR count). The molecule has 0 saturated carbocycles. The highest BCUT2D eigenvalue weighted by Crippen LogP contribution is 2.45. The second kappa shape index (κ2) is 7.17. The molecule has 0 aliphatic heterocycles. The van der Waals surface area contributed by atoms with E-state index in [9.17, 15) is 10.2 Å². The SMILES string of the molecule is OC(O)c1cccc2c(-c3ccccc3)c3ccccc3c(-c3ccccc3)c12. The molecule has 0 unspecified atom stereocenters. The molecule has 5 aromatic carbocycles. The summed E-state index contributed by atoms with van der Waals surface area (Å²) in [6, 6.07) is 34.6. The fraction of sp³-hybridized carbons (Fsp3) is 0.0370. The van der Waals surface area contributed by atoms with Crippen molar-refractivity contribution in [1.29, 1.82) is 0 Å². The van der Waals surface area contributed by atoms with Crippen molar-refractivity contribution < 1.29 is 10.2 Å². The van der Waals surface area contributed by atoms with E-state index in [1.165, 1.54) is 0 Å². The molecule has 2 N–H and O–H groups in total. The molecule has 0 heterocycles. The third-order valence-electron chi connectivity index (χ3n) is 5.48. The second-order valence-electron chi connectivity index (χ2n) is 7.17. The van der Waals surface area contributed by atoms with Crippen LogP contribution in [0.1, 0.15) is 11.9 Å². The maximum atomic E-state index is 10.2. The maximum Gasteiger partial charge on any atom is 0.179 e. The van der Waals surface area contributed by atoms with Gasteiger partial charge in [0.2, 0.25) is 0 Å². The minimum absolute atomic E-state index is 0.518. The predicted molar refractivity (Wildman–Crippen MR) is 120 cm³/mol. The number of hydrogen-bond donors (Lipinski definition) is 2. The Hall–Kier alpha value is -3.46. The molecule has 0 aliphatic carbocycles. The molecule has 0 atom stereocenters. The van der Waals surface area contributed by atoms with E-state index < -0.39 is 6.29 Å². The molecule has 0 amide bonds. The fourth-order valence-electron chi connectivity index (χ4n) is 4.29. The van der Waals surface area contributed by atoms with Crippen molar-refractivity contribution >= 4 is 21.5 Å². The standard InChI is InChI=1S/C27H20O2/c28-27(29)23-17-9-16-22-24(18-10-3-1-4-11-18)20-14-7-8-15-21(20)25(26(22)23)19-12-5-2-6-13-19/h1-17,27-29H. The molecule has 0 bridgehead atoms. The first-order valence-corrected chi connectivity index (χ1v) is 9.70. The number of benzene rings is 5. The first-order chi connectivity index (χ1) is 14.3. The summed E-state index contributed by atoms with van der Waals surface area (Å²) in [5.41, 5.74) is 4.82. The normalized spacial score (nSPS) is 11.4. The molecule has 2 nitrogen and oxygen atoms in total. The summed E-state index contributed by atoms with van der Waals surface area (Å²) in [5.74, 6) is 0. The monoisotopic (exact) mass is 376 g/mol. The third kappa shape index (κ3) is 2.90. The van der Waals surface area contributed by atoms with Crippen LogP contribution in [0.15, 0.2) is 103 Å². The molecule has 0 spiro atoms. The molecule has 0 fully saturated rings. The lowest BCUT2D eigenvalue weighted by molar-refractivity contribution is -0.0412. The van der Waals surface area contributed by atoms with E-state index in [0.29, 0.717) is 5.56 Å². The van der Waals surface area contributed by atoms with Crippen molar-refractivity contribution in [3.05, 3.63) is 109 Å². The average Bonchev–Trinajstić information content (AvgIpc) is 2.78. The molecule has 0 aromatic heterocycles. The highest BCUT2D eigenvalue weighted by molar-refractivity contribution is 6.22. The zero-order chi connectivity index (χ0) is 19.8. The number of aliphatic hydroxyl groups is 2. The smallest absolute Gasteiger partial charge is 0.179 e. The lowest BCUT2D eigenvalue weighted by atomic mass is 9.84. The molecule has 140 valence electrons. The molecule has 29 heavy (non-hydrogen) atoms. The third-order valence-corrected chi connectivity index (χ3v) is 5.48. The lowest BCUT2D eigenvalue weighted by Gasteiger charge is -2.20. The van der Waals surface area contributed by atoms with E-state index >= 15 is 0 Å². The van der Waals surface area contributed by atoms with Gasteiger partial charge in [0.25, 0.3) is 0 Å². The summed E-state index contributed by atoms with van der Waals surface area (Å²) >= 11 is 0. The summed E-state index contributed by atoms with van der Waals surface area (Å²) in [5, 5.41) is 24.5. The van der Waals surface area contributed by atoms with Crippen LogP contribution in [0.5, 0.6) is 0 Å². The van der Waals surface area contributed by atoms with Crippen molar-refractivity contribution in [2.45, 2.75) is 6.29 Å². The van der Waals surface area contributed by atoms with E-state index in [2.05, 4.69) is 48.5 Å². The van der Waals surface area contributed by atoms with Gasteiger partial charge in [-0.1, -0.05) is 103 Å². The first kappa shape index (κ1) is 17.6. The molecule has 0 aliphatic rings. The van der Waals surface area contributed by atoms with E-state index in [4.69, 9.17) is 0 Å². The van der Waals surface area contributed by atoms with E-state index in [1.807, 2.05) is 48.5 Å². The Labute approximate surface area is 169 Å². The van der Waals surface area contributed by atoms with Gasteiger partial charge in [-0.25, -0.2) is 0 Å². The summed E-state index contributed by atoms with van der Waals surface area (Å²) in [7, 11) is 0. The topological polar surface area (TPSA) is 40.5 Å². The fourth-order valence-corrected chi connectivity index (χ4v) is 4.29. The van der Waals surface area contributed by atoms with Gasteiger partial charge >= 0.3 is 0 Å². The van der Waals surface area contributed by atoms with Crippen molar-refractivity contribution in [1.82, 2.24) is 0 Å². The zero-order valence-electron chi connectivity index (χ0n) is 15.8. The van der Waals surface area contributed by atoms with Crippen molar-refractivity contribution in [3.8, 4) is 22.3 Å². The number of hydrogen-bond acceptors (Lipinski definition) is 2. The largest absolute Gasteiger partial charge is 0.364 e. The average molecular weight is 376 g/mol. The van der Waals surface area contributed by atoms with Gasteiger partial charge in [-0.05, 0) is 43.8 Å². The van der Waals surface area contributed by atoms with Crippen LogP contribution in [0.3, 0.4) is 0 Å². The second-order valence-corrected chi connectivity index (χ2v) is 7.17. The molecule has 5 aromatic rings. The van der Waals surface area contributed by atoms with Crippen LogP contribution < -0.4 is 0 Å². The highest BCUT2D eigenvalue weighted by atomic mass is 16.5. The number of rotatable bonds is 3. The van der Waals surface area contributed by atoms with E-state index in [0.717, 1.165) is 43.8 Å². The Morgan fingerprint density at radius 2 is 0.931 bits per heavy atom. The Morgan fingerprint density at radius 1 is 0.448 bits per heavy atom. The van der Waals surface area contributed by atoms with Gasteiger partial charge in [-0.3, -0.25) is 0 Å². The van der Waals surface area contributed by atoms with Gasteiger partial charge in [-0.2, -0.15) is 0 Å². The summed E-state index contributed by atoms with van der Waals surface area (Å²) in [6.07, 6.45) is -1.55. The summed E-state index contributed by atoms with van der Waals surface area (Å²) in [4.78, 5) is 0. The minimum atomic E-state index is -1.55. The summed E-state index contributed by atoms with van der Waals surface area (Å²) in [6.45, 7) is 0. The zero-order valence-corrected chi connectivity index (χ0v) is 15.8. The molecule has 2 heteroatoms. The molecular formula is C27H20O2. The first-order valence-electron chi connectivity index (χ1n) is 9.70. The highest BCUT2D eigenvalue weighted by Gasteiger charge is 2.20. The van der Waals surface area contributed by atoms with Gasteiger partial charge in [0.1, 0.15) is 0 Å². The summed E-state index contributed by atoms with van der Waals surface area (Å²) < 4.78 is 0. The lowest BCUT2D eigenvalue weighted by Crippen LogP contribution is -1.99. The molecular weight excluding hydrogens is 356 g/mol. The van der Waals surface area contributed by atoms with E-state index in [-0.39, 0.29) is 0 Å². The van der Waals surface area contributed by atoms with Crippen LogP contribution in [0, 0.1) is 0 Å². The van der Waals surface area contributed by atoms with Crippen molar-refractivity contribution in [2.24, 2.45) is 0 Å². The molecule has 0 radical (unpaired) electrons. The van der Waals surface area contributed by atoms with E-state index in [1.54, 1.807) is 6.07 Å². The van der Waals surface area contributed by atoms with Crippen LogP contribution in [-0.4, -0.2) is 10.2 Å². The molecule has 0 saturated heterocycles. The van der Waals surface area contributed by atoms with Crippen LogP contribution >= 0.6 is 0 Å². The maximum absolute atomic E-state index is 10.2. The van der Waals surface area contributed by atoms with Crippen LogP contribution in [0.25, 0.3) is 43.8 Å². The number of fused-ring (bicyclic) bond motifs is 2. The quantitative estimate of drug-likeness (QED) is 0.286. The van der Waals surface area contributed by atoms with Gasteiger partial charge in [0, 0.05) is 5.56 Å². The Morgan fingerprint density at radius 3 is 1.52 bits per heavy atom. The Kier molecular flexibility index (Phi) is 4.36.